The van der Waals surface area contributed by atoms with Crippen molar-refractivity contribution in [3.63, 3.8) is 0 Å². The van der Waals surface area contributed by atoms with Gasteiger partial charge in [0.25, 0.3) is 5.91 Å². The molecule has 1 aromatic heterocycles. The SMILES string of the molecule is O=C(NCC(c1cccs1)N1CCOCC1)c1cc(Cl)ccc1F. The number of carbonyl (C=O) groups excluding carboxylic acids is 1. The molecule has 1 aliphatic rings. The Bertz CT molecular complexity index is 690. The molecule has 1 atom stereocenters. The lowest BCUT2D eigenvalue weighted by atomic mass is 10.1. The van der Waals surface area contributed by atoms with Gasteiger partial charge in [-0.1, -0.05) is 17.7 Å². The predicted molar refractivity (Wildman–Crippen MR) is 93.2 cm³/mol. The Morgan fingerprint density at radius 3 is 2.88 bits per heavy atom. The summed E-state index contributed by atoms with van der Waals surface area (Å²) in [5.74, 6) is -1.03. The van der Waals surface area contributed by atoms with Crippen LogP contribution in [0.1, 0.15) is 21.3 Å². The number of amides is 1. The third-order valence-electron chi connectivity index (χ3n) is 3.99. The summed E-state index contributed by atoms with van der Waals surface area (Å²) in [6.07, 6.45) is 0. The predicted octanol–water partition coefficient (Wildman–Crippen LogP) is 3.34. The van der Waals surface area contributed by atoms with E-state index < -0.39 is 11.7 Å². The van der Waals surface area contributed by atoms with Gasteiger partial charge >= 0.3 is 0 Å². The second-order valence-corrected chi connectivity index (χ2v) is 6.93. The van der Waals surface area contributed by atoms with Gasteiger partial charge in [0.15, 0.2) is 0 Å². The molecule has 1 N–H and O–H groups in total. The minimum absolute atomic E-state index is 0.0330. The molecular weight excluding hydrogens is 351 g/mol. The highest BCUT2D eigenvalue weighted by Gasteiger charge is 2.24. The molecule has 2 aromatic rings. The van der Waals surface area contributed by atoms with E-state index in [0.29, 0.717) is 24.8 Å². The Morgan fingerprint density at radius 1 is 1.38 bits per heavy atom. The first-order chi connectivity index (χ1) is 11.6. The van der Waals surface area contributed by atoms with E-state index >= 15 is 0 Å². The van der Waals surface area contributed by atoms with Crippen molar-refractivity contribution in [3.05, 3.63) is 57.0 Å². The molecule has 0 saturated carbocycles. The molecule has 0 bridgehead atoms. The van der Waals surface area contributed by atoms with E-state index in [1.165, 1.54) is 23.1 Å². The van der Waals surface area contributed by atoms with Gasteiger partial charge in [-0.25, -0.2) is 4.39 Å². The Morgan fingerprint density at radius 2 is 2.17 bits per heavy atom. The number of thiophene rings is 1. The summed E-state index contributed by atoms with van der Waals surface area (Å²) < 4.78 is 19.2. The zero-order valence-electron chi connectivity index (χ0n) is 13.0. The molecule has 7 heteroatoms. The molecule has 1 aliphatic heterocycles. The largest absolute Gasteiger partial charge is 0.379 e. The lowest BCUT2D eigenvalue weighted by Crippen LogP contribution is -2.43. The number of hydrogen-bond donors (Lipinski definition) is 1. The molecule has 0 spiro atoms. The average molecular weight is 369 g/mol. The van der Waals surface area contributed by atoms with Crippen LogP contribution < -0.4 is 5.32 Å². The van der Waals surface area contributed by atoms with Crippen LogP contribution in [-0.2, 0) is 4.74 Å². The van der Waals surface area contributed by atoms with Crippen LogP contribution in [-0.4, -0.2) is 43.7 Å². The summed E-state index contributed by atoms with van der Waals surface area (Å²) >= 11 is 7.51. The van der Waals surface area contributed by atoms with Crippen molar-refractivity contribution in [1.82, 2.24) is 10.2 Å². The highest BCUT2D eigenvalue weighted by Crippen LogP contribution is 2.25. The Balaban J connectivity index is 1.71. The van der Waals surface area contributed by atoms with Gasteiger partial charge in [0, 0.05) is 29.5 Å². The number of benzene rings is 1. The van der Waals surface area contributed by atoms with Crippen molar-refractivity contribution in [2.75, 3.05) is 32.8 Å². The van der Waals surface area contributed by atoms with Crippen LogP contribution in [0.4, 0.5) is 4.39 Å². The zero-order valence-corrected chi connectivity index (χ0v) is 14.6. The minimum Gasteiger partial charge on any atom is -0.379 e. The first-order valence-corrected chi connectivity index (χ1v) is 8.99. The molecule has 0 radical (unpaired) electrons. The fourth-order valence-corrected chi connectivity index (χ4v) is 3.77. The van der Waals surface area contributed by atoms with Crippen molar-refractivity contribution in [1.29, 1.82) is 0 Å². The monoisotopic (exact) mass is 368 g/mol. The van der Waals surface area contributed by atoms with E-state index in [1.807, 2.05) is 11.4 Å². The van der Waals surface area contributed by atoms with Crippen LogP contribution in [0.15, 0.2) is 35.7 Å². The number of carbonyl (C=O) groups is 1. The maximum Gasteiger partial charge on any atom is 0.254 e. The van der Waals surface area contributed by atoms with Crippen molar-refractivity contribution in [3.8, 4) is 0 Å². The average Bonchev–Trinajstić information content (AvgIpc) is 3.12. The number of nitrogens with one attached hydrogen (secondary N) is 1. The van der Waals surface area contributed by atoms with Gasteiger partial charge in [-0.05, 0) is 29.6 Å². The fraction of sp³-hybridized carbons (Fsp3) is 0.353. The Hall–Kier alpha value is -1.47. The molecular formula is C17H18ClFN2O2S. The molecule has 1 fully saturated rings. The van der Waals surface area contributed by atoms with Gasteiger partial charge in [-0.3, -0.25) is 9.69 Å². The topological polar surface area (TPSA) is 41.6 Å². The third-order valence-corrected chi connectivity index (χ3v) is 5.20. The first-order valence-electron chi connectivity index (χ1n) is 7.73. The van der Waals surface area contributed by atoms with Crippen LogP contribution in [0.2, 0.25) is 5.02 Å². The van der Waals surface area contributed by atoms with Crippen molar-refractivity contribution in [2.24, 2.45) is 0 Å². The van der Waals surface area contributed by atoms with Crippen LogP contribution in [0.5, 0.6) is 0 Å². The summed E-state index contributed by atoms with van der Waals surface area (Å²) in [5, 5.41) is 5.19. The first kappa shape index (κ1) is 17.4. The lowest BCUT2D eigenvalue weighted by molar-refractivity contribution is 0.0169. The molecule has 2 heterocycles. The molecule has 1 amide bonds. The molecule has 1 unspecified atom stereocenters. The number of morpholine rings is 1. The summed E-state index contributed by atoms with van der Waals surface area (Å²) in [6.45, 7) is 3.39. The van der Waals surface area contributed by atoms with E-state index in [9.17, 15) is 9.18 Å². The van der Waals surface area contributed by atoms with E-state index in [4.69, 9.17) is 16.3 Å². The van der Waals surface area contributed by atoms with E-state index in [1.54, 1.807) is 11.3 Å². The van der Waals surface area contributed by atoms with Crippen LogP contribution >= 0.6 is 22.9 Å². The highest BCUT2D eigenvalue weighted by molar-refractivity contribution is 7.10. The Kier molecular flexibility index (Phi) is 5.84. The summed E-state index contributed by atoms with van der Waals surface area (Å²) in [7, 11) is 0. The van der Waals surface area contributed by atoms with Gasteiger partial charge in [0.2, 0.25) is 0 Å². The zero-order chi connectivity index (χ0) is 16.9. The second kappa shape index (κ2) is 8.07. The molecule has 3 rings (SSSR count). The van der Waals surface area contributed by atoms with Gasteiger partial charge in [-0.2, -0.15) is 0 Å². The normalized spacial score (nSPS) is 16.8. The smallest absolute Gasteiger partial charge is 0.254 e. The van der Waals surface area contributed by atoms with Crippen molar-refractivity contribution < 1.29 is 13.9 Å². The third kappa shape index (κ3) is 4.13. The van der Waals surface area contributed by atoms with E-state index in [-0.39, 0.29) is 11.6 Å². The summed E-state index contributed by atoms with van der Waals surface area (Å²) in [4.78, 5) is 15.8. The number of halogens is 2. The van der Waals surface area contributed by atoms with E-state index in [2.05, 4.69) is 16.3 Å². The molecule has 128 valence electrons. The van der Waals surface area contributed by atoms with Gasteiger partial charge < -0.3 is 10.1 Å². The van der Waals surface area contributed by atoms with Crippen LogP contribution in [0.3, 0.4) is 0 Å². The molecule has 1 aromatic carbocycles. The van der Waals surface area contributed by atoms with E-state index in [0.717, 1.165) is 13.1 Å². The maximum atomic E-state index is 13.8. The Labute approximate surface area is 149 Å². The number of ether oxygens (including phenoxy) is 1. The minimum atomic E-state index is -0.573. The highest BCUT2D eigenvalue weighted by atomic mass is 35.5. The maximum absolute atomic E-state index is 13.8. The van der Waals surface area contributed by atoms with Gasteiger partial charge in [0.1, 0.15) is 5.82 Å². The number of nitrogens with zero attached hydrogens (tertiary/aromatic N) is 1. The number of rotatable bonds is 5. The summed E-state index contributed by atoms with van der Waals surface area (Å²) in [6, 6.07) is 8.08. The van der Waals surface area contributed by atoms with Crippen molar-refractivity contribution >= 4 is 28.8 Å². The standard InChI is InChI=1S/C17H18ClFN2O2S/c18-12-3-4-14(19)13(10-12)17(22)20-11-15(16-2-1-9-24-16)21-5-7-23-8-6-21/h1-4,9-10,15H,5-8,11H2,(H,20,22). The molecule has 24 heavy (non-hydrogen) atoms. The lowest BCUT2D eigenvalue weighted by Gasteiger charge is -2.34. The molecule has 4 nitrogen and oxygen atoms in total. The van der Waals surface area contributed by atoms with Gasteiger partial charge in [-0.15, -0.1) is 11.3 Å². The molecule has 1 saturated heterocycles. The number of hydrogen-bond acceptors (Lipinski definition) is 4. The molecule has 0 aliphatic carbocycles. The van der Waals surface area contributed by atoms with Crippen LogP contribution in [0.25, 0.3) is 0 Å². The summed E-state index contributed by atoms with van der Waals surface area (Å²) in [5.41, 5.74) is -0.0330. The quantitative estimate of drug-likeness (QED) is 0.880. The second-order valence-electron chi connectivity index (χ2n) is 5.51. The fourth-order valence-electron chi connectivity index (χ4n) is 2.74. The van der Waals surface area contributed by atoms with Crippen molar-refractivity contribution in [2.45, 2.75) is 6.04 Å². The van der Waals surface area contributed by atoms with Crippen LogP contribution in [0, 0.1) is 5.82 Å². The van der Waals surface area contributed by atoms with Gasteiger partial charge in [0.05, 0.1) is 24.8 Å².